The van der Waals surface area contributed by atoms with Crippen LogP contribution < -0.4 is 9.44 Å². The minimum atomic E-state index is -4.08. The van der Waals surface area contributed by atoms with Crippen LogP contribution in [0.5, 0.6) is 0 Å². The summed E-state index contributed by atoms with van der Waals surface area (Å²) < 4.78 is 32.2. The SMILES string of the molecule is CC(C)OC(=O)NS(=O)(=O)NC(C#N)C1CCCCC1. The normalized spacial score (nSPS) is 18.3. The summed E-state index contributed by atoms with van der Waals surface area (Å²) in [5.74, 6) is -0.00792. The van der Waals surface area contributed by atoms with Crippen LogP contribution in [0.1, 0.15) is 46.0 Å². The van der Waals surface area contributed by atoms with Gasteiger partial charge in [-0.2, -0.15) is 18.4 Å². The third kappa shape index (κ3) is 5.75. The molecule has 7 nitrogen and oxygen atoms in total. The van der Waals surface area contributed by atoms with Gasteiger partial charge in [-0.15, -0.1) is 0 Å². The molecule has 0 saturated heterocycles. The van der Waals surface area contributed by atoms with E-state index in [0.29, 0.717) is 0 Å². The lowest BCUT2D eigenvalue weighted by atomic mass is 9.85. The second kappa shape index (κ2) is 7.45. The van der Waals surface area contributed by atoms with Gasteiger partial charge >= 0.3 is 16.3 Å². The van der Waals surface area contributed by atoms with Crippen LogP contribution in [0.25, 0.3) is 0 Å². The maximum Gasteiger partial charge on any atom is 0.422 e. The van der Waals surface area contributed by atoms with Gasteiger partial charge in [-0.1, -0.05) is 19.3 Å². The van der Waals surface area contributed by atoms with E-state index in [0.717, 1.165) is 32.1 Å². The predicted octanol–water partition coefficient (Wildman–Crippen LogP) is 1.43. The molecule has 20 heavy (non-hydrogen) atoms. The molecule has 1 aliphatic rings. The molecule has 1 rings (SSSR count). The van der Waals surface area contributed by atoms with Gasteiger partial charge in [0, 0.05) is 0 Å². The van der Waals surface area contributed by atoms with E-state index in [1.54, 1.807) is 18.6 Å². The van der Waals surface area contributed by atoms with Gasteiger partial charge < -0.3 is 4.74 Å². The number of rotatable bonds is 5. The van der Waals surface area contributed by atoms with Crippen LogP contribution in [0.15, 0.2) is 0 Å². The molecular formula is C12H21N3O4S. The summed E-state index contributed by atoms with van der Waals surface area (Å²) in [5.41, 5.74) is 0. The first-order chi connectivity index (χ1) is 9.34. The van der Waals surface area contributed by atoms with E-state index in [4.69, 9.17) is 10.00 Å². The van der Waals surface area contributed by atoms with E-state index in [1.807, 2.05) is 6.07 Å². The molecule has 1 saturated carbocycles. The van der Waals surface area contributed by atoms with Crippen LogP contribution in [-0.4, -0.2) is 26.7 Å². The molecule has 0 aliphatic heterocycles. The Balaban J connectivity index is 2.59. The van der Waals surface area contributed by atoms with Gasteiger partial charge in [0.15, 0.2) is 0 Å². The molecule has 1 aliphatic carbocycles. The van der Waals surface area contributed by atoms with E-state index in [-0.39, 0.29) is 5.92 Å². The first-order valence-electron chi connectivity index (χ1n) is 6.74. The maximum atomic E-state index is 11.8. The van der Waals surface area contributed by atoms with E-state index in [2.05, 4.69) is 4.72 Å². The quantitative estimate of drug-likeness (QED) is 0.798. The van der Waals surface area contributed by atoms with E-state index in [9.17, 15) is 13.2 Å². The average Bonchev–Trinajstić information content (AvgIpc) is 2.35. The third-order valence-corrected chi connectivity index (χ3v) is 4.10. The zero-order valence-electron chi connectivity index (χ0n) is 11.8. The monoisotopic (exact) mass is 303 g/mol. The van der Waals surface area contributed by atoms with E-state index < -0.39 is 28.4 Å². The fraction of sp³-hybridized carbons (Fsp3) is 0.833. The van der Waals surface area contributed by atoms with Gasteiger partial charge in [-0.3, -0.25) is 0 Å². The van der Waals surface area contributed by atoms with Gasteiger partial charge in [0.25, 0.3) is 0 Å². The van der Waals surface area contributed by atoms with Gasteiger partial charge in [-0.25, -0.2) is 9.52 Å². The zero-order chi connectivity index (χ0) is 15.2. The number of nitrogens with one attached hydrogen (secondary N) is 2. The molecule has 0 aromatic carbocycles. The maximum absolute atomic E-state index is 11.8. The highest BCUT2D eigenvalue weighted by Gasteiger charge is 2.28. The van der Waals surface area contributed by atoms with Gasteiger partial charge in [-0.05, 0) is 32.6 Å². The Morgan fingerprint density at radius 2 is 1.90 bits per heavy atom. The molecule has 0 aromatic heterocycles. The van der Waals surface area contributed by atoms with Crippen molar-refractivity contribution in [3.05, 3.63) is 0 Å². The Morgan fingerprint density at radius 1 is 1.30 bits per heavy atom. The van der Waals surface area contributed by atoms with Crippen molar-refractivity contribution in [2.75, 3.05) is 0 Å². The number of hydrogen-bond donors (Lipinski definition) is 2. The Bertz CT molecular complexity index is 464. The highest BCUT2D eigenvalue weighted by atomic mass is 32.2. The number of amides is 1. The van der Waals surface area contributed by atoms with E-state index >= 15 is 0 Å². The van der Waals surface area contributed by atoms with Crippen LogP contribution in [0.3, 0.4) is 0 Å². The molecule has 1 amide bonds. The number of nitrogens with zero attached hydrogens (tertiary/aromatic N) is 1. The molecule has 1 unspecified atom stereocenters. The number of carbonyl (C=O) groups is 1. The molecule has 2 N–H and O–H groups in total. The second-order valence-electron chi connectivity index (χ2n) is 5.18. The highest BCUT2D eigenvalue weighted by Crippen LogP contribution is 2.26. The summed E-state index contributed by atoms with van der Waals surface area (Å²) in [6.07, 6.45) is 3.26. The van der Waals surface area contributed by atoms with Crippen molar-refractivity contribution < 1.29 is 17.9 Å². The van der Waals surface area contributed by atoms with Gasteiger partial charge in [0.05, 0.1) is 12.2 Å². The first kappa shape index (κ1) is 16.7. The first-order valence-corrected chi connectivity index (χ1v) is 8.22. The Hall–Kier alpha value is -1.33. The Labute approximate surface area is 119 Å². The van der Waals surface area contributed by atoms with Crippen molar-refractivity contribution in [1.29, 1.82) is 5.26 Å². The fourth-order valence-corrected chi connectivity index (χ4v) is 3.15. The number of hydrogen-bond acceptors (Lipinski definition) is 5. The molecule has 0 aromatic rings. The molecule has 0 heterocycles. The van der Waals surface area contributed by atoms with Crippen molar-refractivity contribution in [2.24, 2.45) is 5.92 Å². The summed E-state index contributed by atoms with van der Waals surface area (Å²) >= 11 is 0. The van der Waals surface area contributed by atoms with Crippen LogP contribution in [-0.2, 0) is 14.9 Å². The summed E-state index contributed by atoms with van der Waals surface area (Å²) in [6.45, 7) is 3.22. The summed E-state index contributed by atoms with van der Waals surface area (Å²) in [7, 11) is -4.08. The Kier molecular flexibility index (Phi) is 6.23. The van der Waals surface area contributed by atoms with Gasteiger partial charge in [0.2, 0.25) is 0 Å². The highest BCUT2D eigenvalue weighted by molar-refractivity contribution is 7.88. The Morgan fingerprint density at radius 3 is 2.40 bits per heavy atom. The van der Waals surface area contributed by atoms with Crippen LogP contribution in [0.4, 0.5) is 4.79 Å². The van der Waals surface area contributed by atoms with Crippen molar-refractivity contribution in [2.45, 2.75) is 58.1 Å². The summed E-state index contributed by atoms with van der Waals surface area (Å²) in [4.78, 5) is 11.3. The summed E-state index contributed by atoms with van der Waals surface area (Å²) in [6, 6.07) is 1.14. The number of nitriles is 1. The largest absolute Gasteiger partial charge is 0.446 e. The molecule has 0 radical (unpaired) electrons. The minimum Gasteiger partial charge on any atom is -0.446 e. The van der Waals surface area contributed by atoms with Gasteiger partial charge in [0.1, 0.15) is 6.04 Å². The van der Waals surface area contributed by atoms with Crippen molar-refractivity contribution in [1.82, 2.24) is 9.44 Å². The van der Waals surface area contributed by atoms with Crippen LogP contribution in [0, 0.1) is 17.2 Å². The third-order valence-electron chi connectivity index (χ3n) is 3.10. The van der Waals surface area contributed by atoms with Crippen LogP contribution >= 0.6 is 0 Å². The number of carbonyl (C=O) groups excluding carboxylic acids is 1. The molecule has 1 fully saturated rings. The average molecular weight is 303 g/mol. The molecule has 0 spiro atoms. The smallest absolute Gasteiger partial charge is 0.422 e. The van der Waals surface area contributed by atoms with Crippen molar-refractivity contribution >= 4 is 16.3 Å². The molecule has 0 bridgehead atoms. The lowest BCUT2D eigenvalue weighted by molar-refractivity contribution is 0.121. The predicted molar refractivity (Wildman–Crippen MR) is 72.8 cm³/mol. The zero-order valence-corrected chi connectivity index (χ0v) is 12.6. The second-order valence-corrected chi connectivity index (χ2v) is 6.63. The molecular weight excluding hydrogens is 282 g/mol. The fourth-order valence-electron chi connectivity index (χ4n) is 2.24. The van der Waals surface area contributed by atoms with E-state index in [1.165, 1.54) is 0 Å². The van der Waals surface area contributed by atoms with Crippen LogP contribution in [0.2, 0.25) is 0 Å². The lowest BCUT2D eigenvalue weighted by Gasteiger charge is -2.26. The summed E-state index contributed by atoms with van der Waals surface area (Å²) in [5, 5.41) is 9.10. The lowest BCUT2D eigenvalue weighted by Crippen LogP contribution is -2.48. The topological polar surface area (TPSA) is 108 Å². The van der Waals surface area contributed by atoms with Crippen molar-refractivity contribution in [3.63, 3.8) is 0 Å². The number of ether oxygens (including phenoxy) is 1. The standard InChI is InChI=1S/C12H21N3O4S/c1-9(2)19-12(16)15-20(17,18)14-11(8-13)10-6-4-3-5-7-10/h9-11,14H,3-7H2,1-2H3,(H,15,16). The minimum absolute atomic E-state index is 0.00792. The molecule has 1 atom stereocenters. The molecule has 114 valence electrons. The molecule has 8 heteroatoms. The van der Waals surface area contributed by atoms with Crippen molar-refractivity contribution in [3.8, 4) is 6.07 Å².